The van der Waals surface area contributed by atoms with Gasteiger partial charge in [-0.3, -0.25) is 9.69 Å². The lowest BCUT2D eigenvalue weighted by Crippen LogP contribution is -2.56. The second-order valence-corrected chi connectivity index (χ2v) is 5.44. The topological polar surface area (TPSA) is 52.6 Å². The van der Waals surface area contributed by atoms with Crippen LogP contribution in [0.1, 0.15) is 33.6 Å². The molecule has 1 unspecified atom stereocenters. The molecule has 0 bridgehead atoms. The normalized spacial score (nSPS) is 20.1. The van der Waals surface area contributed by atoms with E-state index in [2.05, 4.69) is 24.1 Å². The molecule has 1 rings (SSSR count). The van der Waals surface area contributed by atoms with Gasteiger partial charge in [0.05, 0.1) is 0 Å². The number of hydrogen-bond acceptors (Lipinski definition) is 3. The first kappa shape index (κ1) is 13.5. The molecule has 0 saturated heterocycles. The van der Waals surface area contributed by atoms with Gasteiger partial charge in [-0.15, -0.1) is 0 Å². The minimum Gasteiger partial charge on any atom is -0.480 e. The summed E-state index contributed by atoms with van der Waals surface area (Å²) in [6.07, 6.45) is 2.43. The van der Waals surface area contributed by atoms with Gasteiger partial charge in [0.2, 0.25) is 0 Å². The highest BCUT2D eigenvalue weighted by atomic mass is 16.4. The van der Waals surface area contributed by atoms with Crippen LogP contribution in [0.3, 0.4) is 0 Å². The van der Waals surface area contributed by atoms with Gasteiger partial charge in [0, 0.05) is 19.1 Å². The van der Waals surface area contributed by atoms with Crippen LogP contribution in [0.15, 0.2) is 0 Å². The van der Waals surface area contributed by atoms with E-state index in [4.69, 9.17) is 0 Å². The van der Waals surface area contributed by atoms with Crippen molar-refractivity contribution >= 4 is 5.97 Å². The Kier molecular flexibility index (Phi) is 4.33. The Morgan fingerprint density at radius 2 is 2.12 bits per heavy atom. The van der Waals surface area contributed by atoms with E-state index >= 15 is 0 Å². The summed E-state index contributed by atoms with van der Waals surface area (Å²) in [4.78, 5) is 13.5. The minimum atomic E-state index is -0.836. The molecule has 16 heavy (non-hydrogen) atoms. The zero-order valence-corrected chi connectivity index (χ0v) is 10.8. The predicted octanol–water partition coefficient (Wildman–Crippen LogP) is 1.17. The van der Waals surface area contributed by atoms with Crippen molar-refractivity contribution in [2.75, 3.05) is 20.1 Å². The van der Waals surface area contributed by atoms with Crippen LogP contribution in [-0.4, -0.2) is 47.7 Å². The third-order valence-corrected chi connectivity index (χ3v) is 3.21. The van der Waals surface area contributed by atoms with Crippen LogP contribution >= 0.6 is 0 Å². The van der Waals surface area contributed by atoms with Gasteiger partial charge >= 0.3 is 5.97 Å². The number of nitrogens with zero attached hydrogens (tertiary/aromatic N) is 1. The molecule has 1 aliphatic carbocycles. The fourth-order valence-electron chi connectivity index (χ4n) is 1.91. The molecule has 4 nitrogen and oxygen atoms in total. The summed E-state index contributed by atoms with van der Waals surface area (Å²) in [5.74, 6) is -0.195. The lowest BCUT2D eigenvalue weighted by Gasteiger charge is -2.33. The van der Waals surface area contributed by atoms with Crippen molar-refractivity contribution in [1.29, 1.82) is 0 Å². The second kappa shape index (κ2) is 5.15. The number of hydrogen-bond donors (Lipinski definition) is 2. The highest BCUT2D eigenvalue weighted by molar-refractivity contribution is 5.78. The number of rotatable bonds is 7. The van der Waals surface area contributed by atoms with E-state index in [-0.39, 0.29) is 0 Å². The Morgan fingerprint density at radius 3 is 2.44 bits per heavy atom. The van der Waals surface area contributed by atoms with E-state index < -0.39 is 11.5 Å². The van der Waals surface area contributed by atoms with Crippen molar-refractivity contribution < 1.29 is 9.90 Å². The van der Waals surface area contributed by atoms with Gasteiger partial charge < -0.3 is 10.4 Å². The molecule has 1 aliphatic rings. The molecule has 1 fully saturated rings. The molecular formula is C12H24N2O2. The molecule has 0 aromatic rings. The monoisotopic (exact) mass is 228 g/mol. The maximum absolute atomic E-state index is 11.2. The Labute approximate surface area is 98.0 Å². The SMILES string of the molecule is CNC(C)(CN(CC(C)C)C1CC1)C(=O)O. The fraction of sp³-hybridized carbons (Fsp3) is 0.917. The van der Waals surface area contributed by atoms with Crippen molar-refractivity contribution in [2.45, 2.75) is 45.2 Å². The molecule has 2 N–H and O–H groups in total. The largest absolute Gasteiger partial charge is 0.480 e. The highest BCUT2D eigenvalue weighted by Gasteiger charge is 2.38. The van der Waals surface area contributed by atoms with Gasteiger partial charge in [0.15, 0.2) is 0 Å². The van der Waals surface area contributed by atoms with Gasteiger partial charge in [-0.05, 0) is 32.7 Å². The highest BCUT2D eigenvalue weighted by Crippen LogP contribution is 2.28. The average Bonchev–Trinajstić information content (AvgIpc) is 2.98. The van der Waals surface area contributed by atoms with Crippen molar-refractivity contribution in [3.05, 3.63) is 0 Å². The molecule has 1 atom stereocenters. The minimum absolute atomic E-state index is 0.579. The van der Waals surface area contributed by atoms with Crippen LogP contribution in [0, 0.1) is 5.92 Å². The summed E-state index contributed by atoms with van der Waals surface area (Å²) in [6.45, 7) is 7.67. The number of carbonyl (C=O) groups is 1. The van der Waals surface area contributed by atoms with E-state index in [0.29, 0.717) is 18.5 Å². The number of carboxylic acids is 1. The number of likely N-dealkylation sites (N-methyl/N-ethyl adjacent to an activating group) is 1. The molecule has 0 heterocycles. The van der Waals surface area contributed by atoms with Crippen LogP contribution in [0.2, 0.25) is 0 Å². The first-order chi connectivity index (χ1) is 7.39. The van der Waals surface area contributed by atoms with Gasteiger partial charge in [-0.2, -0.15) is 0 Å². The van der Waals surface area contributed by atoms with Crippen LogP contribution < -0.4 is 5.32 Å². The number of aliphatic carboxylic acids is 1. The van der Waals surface area contributed by atoms with Gasteiger partial charge in [0.1, 0.15) is 5.54 Å². The fourth-order valence-corrected chi connectivity index (χ4v) is 1.91. The third kappa shape index (κ3) is 3.46. The standard InChI is InChI=1S/C12H24N2O2/c1-9(2)7-14(10-5-6-10)8-12(3,13-4)11(15)16/h9-10,13H,5-8H2,1-4H3,(H,15,16). The summed E-state index contributed by atoms with van der Waals surface area (Å²) in [5.41, 5.74) is -0.836. The molecule has 1 saturated carbocycles. The van der Waals surface area contributed by atoms with Gasteiger partial charge in [0.25, 0.3) is 0 Å². The summed E-state index contributed by atoms with van der Waals surface area (Å²) in [6, 6.07) is 0.606. The van der Waals surface area contributed by atoms with Crippen molar-refractivity contribution in [2.24, 2.45) is 5.92 Å². The molecule has 4 heteroatoms. The first-order valence-electron chi connectivity index (χ1n) is 6.05. The van der Waals surface area contributed by atoms with Crippen LogP contribution in [-0.2, 0) is 4.79 Å². The summed E-state index contributed by atoms with van der Waals surface area (Å²) >= 11 is 0. The van der Waals surface area contributed by atoms with Gasteiger partial charge in [-0.25, -0.2) is 0 Å². The molecule has 0 amide bonds. The third-order valence-electron chi connectivity index (χ3n) is 3.21. The Balaban J connectivity index is 2.62. The van der Waals surface area contributed by atoms with Crippen molar-refractivity contribution in [1.82, 2.24) is 10.2 Å². The molecule has 0 aliphatic heterocycles. The Hall–Kier alpha value is -0.610. The molecule has 0 spiro atoms. The summed E-state index contributed by atoms with van der Waals surface area (Å²) in [7, 11) is 1.72. The average molecular weight is 228 g/mol. The van der Waals surface area contributed by atoms with Crippen molar-refractivity contribution in [3.63, 3.8) is 0 Å². The quantitative estimate of drug-likeness (QED) is 0.687. The lowest BCUT2D eigenvalue weighted by atomic mass is 10.0. The van der Waals surface area contributed by atoms with E-state index in [0.717, 1.165) is 6.54 Å². The van der Waals surface area contributed by atoms with E-state index in [1.54, 1.807) is 14.0 Å². The van der Waals surface area contributed by atoms with E-state index in [1.165, 1.54) is 12.8 Å². The Morgan fingerprint density at radius 1 is 1.56 bits per heavy atom. The first-order valence-corrected chi connectivity index (χ1v) is 6.05. The molecule has 0 aromatic carbocycles. The molecule has 0 aromatic heterocycles. The molecular weight excluding hydrogens is 204 g/mol. The predicted molar refractivity (Wildman–Crippen MR) is 64.5 cm³/mol. The second-order valence-electron chi connectivity index (χ2n) is 5.44. The van der Waals surface area contributed by atoms with Crippen LogP contribution in [0.4, 0.5) is 0 Å². The maximum Gasteiger partial charge on any atom is 0.324 e. The Bertz CT molecular complexity index is 251. The summed E-state index contributed by atoms with van der Waals surface area (Å²) in [5, 5.41) is 12.2. The summed E-state index contributed by atoms with van der Waals surface area (Å²) < 4.78 is 0. The molecule has 0 radical (unpaired) electrons. The van der Waals surface area contributed by atoms with E-state index in [9.17, 15) is 9.90 Å². The zero-order chi connectivity index (χ0) is 12.3. The van der Waals surface area contributed by atoms with Crippen molar-refractivity contribution in [3.8, 4) is 0 Å². The van der Waals surface area contributed by atoms with Crippen LogP contribution in [0.5, 0.6) is 0 Å². The van der Waals surface area contributed by atoms with Crippen LogP contribution in [0.25, 0.3) is 0 Å². The van der Waals surface area contributed by atoms with Gasteiger partial charge in [-0.1, -0.05) is 13.8 Å². The smallest absolute Gasteiger partial charge is 0.324 e. The number of nitrogens with one attached hydrogen (secondary N) is 1. The lowest BCUT2D eigenvalue weighted by molar-refractivity contribution is -0.144. The zero-order valence-electron chi connectivity index (χ0n) is 10.8. The molecule has 94 valence electrons. The van der Waals surface area contributed by atoms with E-state index in [1.807, 2.05) is 0 Å². The maximum atomic E-state index is 11.2. The number of carboxylic acid groups (broad SMARTS) is 1.